The third-order valence-electron chi connectivity index (χ3n) is 4.03. The van der Waals surface area contributed by atoms with Crippen molar-refractivity contribution >= 4 is 21.8 Å². The van der Waals surface area contributed by atoms with Gasteiger partial charge in [0.1, 0.15) is 0 Å². The smallest absolute Gasteiger partial charge is 0.254 e. The predicted molar refractivity (Wildman–Crippen MR) is 82.8 cm³/mol. The first-order valence-electron chi connectivity index (χ1n) is 6.87. The van der Waals surface area contributed by atoms with Gasteiger partial charge in [0.15, 0.2) is 0 Å². The minimum Gasteiger partial charge on any atom is -0.381 e. The van der Waals surface area contributed by atoms with Gasteiger partial charge in [0.2, 0.25) is 0 Å². The summed E-state index contributed by atoms with van der Waals surface area (Å²) < 4.78 is 6.36. The molecular formula is C15H21BrN2O2. The number of hydrogen-bond acceptors (Lipinski definition) is 3. The quantitative estimate of drug-likeness (QED) is 0.918. The van der Waals surface area contributed by atoms with Gasteiger partial charge in [-0.05, 0) is 37.5 Å². The van der Waals surface area contributed by atoms with Gasteiger partial charge in [0.25, 0.3) is 5.91 Å². The van der Waals surface area contributed by atoms with Crippen molar-refractivity contribution in [3.63, 3.8) is 0 Å². The van der Waals surface area contributed by atoms with E-state index in [4.69, 9.17) is 10.5 Å². The van der Waals surface area contributed by atoms with Gasteiger partial charge in [-0.2, -0.15) is 0 Å². The van der Waals surface area contributed by atoms with Crippen LogP contribution in [0.25, 0.3) is 0 Å². The summed E-state index contributed by atoms with van der Waals surface area (Å²) in [6.45, 7) is 3.13. The maximum Gasteiger partial charge on any atom is 0.254 e. The molecule has 0 bridgehead atoms. The topological polar surface area (TPSA) is 55.6 Å². The van der Waals surface area contributed by atoms with Gasteiger partial charge in [0.05, 0.1) is 6.10 Å². The molecule has 1 aliphatic heterocycles. The van der Waals surface area contributed by atoms with E-state index in [0.717, 1.165) is 28.4 Å². The molecular weight excluding hydrogens is 320 g/mol. The van der Waals surface area contributed by atoms with Gasteiger partial charge >= 0.3 is 0 Å². The zero-order chi connectivity index (χ0) is 14.7. The SMILES string of the molecule is COC1CCN(C(=O)c2cccc(Br)c2C)C(CN)C1. The summed E-state index contributed by atoms with van der Waals surface area (Å²) in [5, 5.41) is 0. The molecule has 2 unspecified atom stereocenters. The van der Waals surface area contributed by atoms with Crippen molar-refractivity contribution in [2.24, 2.45) is 5.73 Å². The van der Waals surface area contributed by atoms with Crippen LogP contribution in [-0.4, -0.2) is 43.2 Å². The number of carbonyl (C=O) groups excluding carboxylic acids is 1. The third-order valence-corrected chi connectivity index (χ3v) is 4.89. The molecule has 2 atom stereocenters. The summed E-state index contributed by atoms with van der Waals surface area (Å²) in [4.78, 5) is 14.6. The number of piperidine rings is 1. The Balaban J connectivity index is 2.22. The number of carbonyl (C=O) groups is 1. The highest BCUT2D eigenvalue weighted by Gasteiger charge is 2.31. The number of hydrogen-bond donors (Lipinski definition) is 1. The van der Waals surface area contributed by atoms with Crippen molar-refractivity contribution in [3.05, 3.63) is 33.8 Å². The second-order valence-electron chi connectivity index (χ2n) is 5.18. The van der Waals surface area contributed by atoms with Crippen LogP contribution in [0.3, 0.4) is 0 Å². The molecule has 2 rings (SSSR count). The second-order valence-corrected chi connectivity index (χ2v) is 6.04. The van der Waals surface area contributed by atoms with E-state index in [1.165, 1.54) is 0 Å². The Labute approximate surface area is 128 Å². The monoisotopic (exact) mass is 340 g/mol. The van der Waals surface area contributed by atoms with Crippen LogP contribution in [0, 0.1) is 6.92 Å². The fraction of sp³-hybridized carbons (Fsp3) is 0.533. The molecule has 0 spiro atoms. The van der Waals surface area contributed by atoms with E-state index in [1.807, 2.05) is 30.0 Å². The molecule has 1 aromatic rings. The van der Waals surface area contributed by atoms with Crippen LogP contribution in [-0.2, 0) is 4.74 Å². The lowest BCUT2D eigenvalue weighted by molar-refractivity contribution is 0.0138. The van der Waals surface area contributed by atoms with Crippen molar-refractivity contribution in [2.75, 3.05) is 20.2 Å². The highest BCUT2D eigenvalue weighted by Crippen LogP contribution is 2.25. The second kappa shape index (κ2) is 6.70. The lowest BCUT2D eigenvalue weighted by Gasteiger charge is -2.38. The lowest BCUT2D eigenvalue weighted by atomic mass is 9.97. The Hall–Kier alpha value is -0.910. The fourth-order valence-electron chi connectivity index (χ4n) is 2.71. The molecule has 0 radical (unpaired) electrons. The molecule has 110 valence electrons. The number of methoxy groups -OCH3 is 1. The molecule has 1 heterocycles. The molecule has 1 saturated heterocycles. The van der Waals surface area contributed by atoms with E-state index in [9.17, 15) is 4.79 Å². The molecule has 1 aliphatic rings. The molecule has 0 aliphatic carbocycles. The Morgan fingerprint density at radius 3 is 2.95 bits per heavy atom. The third kappa shape index (κ3) is 3.05. The van der Waals surface area contributed by atoms with Crippen molar-refractivity contribution < 1.29 is 9.53 Å². The van der Waals surface area contributed by atoms with Crippen LogP contribution in [0.4, 0.5) is 0 Å². The lowest BCUT2D eigenvalue weighted by Crippen LogP contribution is -2.51. The van der Waals surface area contributed by atoms with Crippen LogP contribution in [0.1, 0.15) is 28.8 Å². The predicted octanol–water partition coefficient (Wildman–Crippen LogP) is 2.34. The molecule has 20 heavy (non-hydrogen) atoms. The van der Waals surface area contributed by atoms with Gasteiger partial charge in [-0.3, -0.25) is 4.79 Å². The number of likely N-dealkylation sites (tertiary alicyclic amines) is 1. The molecule has 4 nitrogen and oxygen atoms in total. The largest absolute Gasteiger partial charge is 0.381 e. The van der Waals surface area contributed by atoms with Crippen molar-refractivity contribution in [1.82, 2.24) is 4.90 Å². The van der Waals surface area contributed by atoms with E-state index in [-0.39, 0.29) is 18.1 Å². The van der Waals surface area contributed by atoms with Crippen LogP contribution >= 0.6 is 15.9 Å². The van der Waals surface area contributed by atoms with Gasteiger partial charge in [-0.15, -0.1) is 0 Å². The molecule has 0 saturated carbocycles. The van der Waals surface area contributed by atoms with Crippen molar-refractivity contribution in [2.45, 2.75) is 31.9 Å². The van der Waals surface area contributed by atoms with Crippen LogP contribution in [0.15, 0.2) is 22.7 Å². The van der Waals surface area contributed by atoms with Gasteiger partial charge < -0.3 is 15.4 Å². The summed E-state index contributed by atoms with van der Waals surface area (Å²) >= 11 is 3.48. The van der Waals surface area contributed by atoms with E-state index in [1.54, 1.807) is 7.11 Å². The molecule has 1 aromatic carbocycles. The summed E-state index contributed by atoms with van der Waals surface area (Å²) in [7, 11) is 1.72. The van der Waals surface area contributed by atoms with E-state index >= 15 is 0 Å². The normalized spacial score (nSPS) is 22.9. The average molecular weight is 341 g/mol. The highest BCUT2D eigenvalue weighted by molar-refractivity contribution is 9.10. The maximum absolute atomic E-state index is 12.7. The van der Waals surface area contributed by atoms with Crippen molar-refractivity contribution in [1.29, 1.82) is 0 Å². The van der Waals surface area contributed by atoms with Crippen molar-refractivity contribution in [3.8, 4) is 0 Å². The molecule has 0 aromatic heterocycles. The highest BCUT2D eigenvalue weighted by atomic mass is 79.9. The van der Waals surface area contributed by atoms with E-state index in [0.29, 0.717) is 13.1 Å². The van der Waals surface area contributed by atoms with Gasteiger partial charge in [0, 0.05) is 36.3 Å². The number of nitrogens with zero attached hydrogens (tertiary/aromatic N) is 1. The number of ether oxygens (including phenoxy) is 1. The van der Waals surface area contributed by atoms with E-state index in [2.05, 4.69) is 15.9 Å². The van der Waals surface area contributed by atoms with Crippen LogP contribution in [0.2, 0.25) is 0 Å². The summed E-state index contributed by atoms with van der Waals surface area (Å²) in [6, 6.07) is 5.77. The molecule has 1 amide bonds. The first-order chi connectivity index (χ1) is 9.58. The van der Waals surface area contributed by atoms with Crippen LogP contribution in [0.5, 0.6) is 0 Å². The summed E-state index contributed by atoms with van der Waals surface area (Å²) in [5.74, 6) is 0.0637. The number of amides is 1. The first-order valence-corrected chi connectivity index (χ1v) is 7.66. The Kier molecular flexibility index (Phi) is 5.18. The van der Waals surface area contributed by atoms with Gasteiger partial charge in [-0.25, -0.2) is 0 Å². The van der Waals surface area contributed by atoms with E-state index < -0.39 is 0 Å². The fourth-order valence-corrected chi connectivity index (χ4v) is 3.08. The zero-order valence-corrected chi connectivity index (χ0v) is 13.5. The molecule has 1 fully saturated rings. The maximum atomic E-state index is 12.7. The van der Waals surface area contributed by atoms with Crippen LogP contribution < -0.4 is 5.73 Å². The Morgan fingerprint density at radius 2 is 2.30 bits per heavy atom. The number of halogens is 1. The first kappa shape index (κ1) is 15.5. The molecule has 2 N–H and O–H groups in total. The number of benzene rings is 1. The summed E-state index contributed by atoms with van der Waals surface area (Å²) in [6.07, 6.45) is 1.88. The van der Waals surface area contributed by atoms with Gasteiger partial charge in [-0.1, -0.05) is 22.0 Å². The average Bonchev–Trinajstić information content (AvgIpc) is 2.48. The minimum atomic E-state index is 0.0552. The summed E-state index contributed by atoms with van der Waals surface area (Å²) in [5.41, 5.74) is 7.55. The minimum absolute atomic E-state index is 0.0552. The number of rotatable bonds is 3. The standard InChI is InChI=1S/C15H21BrN2O2/c1-10-13(4-3-5-14(10)16)15(19)18-7-6-12(20-2)8-11(18)9-17/h3-5,11-12H,6-9,17H2,1-2H3. The molecule has 5 heteroatoms. The zero-order valence-electron chi connectivity index (χ0n) is 11.9. The Bertz CT molecular complexity index is 493. The Morgan fingerprint density at radius 1 is 1.55 bits per heavy atom. The number of nitrogens with two attached hydrogens (primary N) is 1.